The standard InChI is InChI=1S/C30H39ClN8O/c1-29(2)26(9-10-30(29,3)33)36-27-22(28(32)35-24-8-7-21(40)13-23(24)31)14-34-39-16-19(12-25(27)39)18-11-20(17-37(4)5)38(6)15-18/h7-8,11-16,26,36,40H,9-10,17,33H2,1-6H3,(H2,32,35)/t26?,30-/m0/s1. The number of anilines is 1. The largest absolute Gasteiger partial charge is 0.508 e. The maximum absolute atomic E-state index is 9.76. The normalized spacial score (nSPS) is 21.0. The van der Waals surface area contributed by atoms with Crippen molar-refractivity contribution < 1.29 is 5.11 Å². The van der Waals surface area contributed by atoms with Crippen molar-refractivity contribution in [3.05, 3.63) is 65.2 Å². The Balaban J connectivity index is 1.63. The molecular weight excluding hydrogens is 524 g/mol. The maximum atomic E-state index is 9.76. The van der Waals surface area contributed by atoms with E-state index < -0.39 is 0 Å². The Morgan fingerprint density at radius 3 is 2.58 bits per heavy atom. The molecule has 0 amide bonds. The highest BCUT2D eigenvalue weighted by atomic mass is 35.5. The van der Waals surface area contributed by atoms with Crippen LogP contribution in [0.15, 0.2) is 53.9 Å². The number of benzene rings is 1. The van der Waals surface area contributed by atoms with Crippen molar-refractivity contribution in [2.75, 3.05) is 19.4 Å². The van der Waals surface area contributed by atoms with Crippen LogP contribution >= 0.6 is 11.6 Å². The fourth-order valence-corrected chi connectivity index (χ4v) is 5.76. The summed E-state index contributed by atoms with van der Waals surface area (Å²) in [5.74, 6) is 0.337. The van der Waals surface area contributed by atoms with Crippen LogP contribution in [0.4, 0.5) is 11.4 Å². The summed E-state index contributed by atoms with van der Waals surface area (Å²) in [6.07, 6.45) is 7.75. The number of fused-ring (bicyclic) bond motifs is 1. The second kappa shape index (κ2) is 10.1. The topological polar surface area (TPSA) is 122 Å². The Morgan fingerprint density at radius 2 is 1.93 bits per heavy atom. The second-order valence-electron chi connectivity index (χ2n) is 12.1. The number of nitrogens with one attached hydrogen (secondary N) is 1. The van der Waals surface area contributed by atoms with Gasteiger partial charge in [0.25, 0.3) is 0 Å². The Kier molecular flexibility index (Phi) is 7.10. The van der Waals surface area contributed by atoms with Crippen LogP contribution in [-0.2, 0) is 13.6 Å². The lowest BCUT2D eigenvalue weighted by molar-refractivity contribution is 0.215. The quantitative estimate of drug-likeness (QED) is 0.183. The van der Waals surface area contributed by atoms with Gasteiger partial charge in [0.1, 0.15) is 11.6 Å². The average molecular weight is 563 g/mol. The van der Waals surface area contributed by atoms with Crippen LogP contribution in [0.3, 0.4) is 0 Å². The smallest absolute Gasteiger partial charge is 0.135 e. The fraction of sp³-hybridized carbons (Fsp3) is 0.400. The van der Waals surface area contributed by atoms with Crippen molar-refractivity contribution in [2.24, 2.45) is 28.9 Å². The molecule has 1 aromatic carbocycles. The van der Waals surface area contributed by atoms with Gasteiger partial charge in [0.05, 0.1) is 33.7 Å². The molecule has 1 saturated carbocycles. The first-order chi connectivity index (χ1) is 18.8. The number of aromatic nitrogens is 3. The molecule has 2 atom stereocenters. The Bertz CT molecular complexity index is 1600. The van der Waals surface area contributed by atoms with Crippen molar-refractivity contribution in [2.45, 2.75) is 51.7 Å². The predicted molar refractivity (Wildman–Crippen MR) is 164 cm³/mol. The van der Waals surface area contributed by atoms with Crippen molar-refractivity contribution in [3.8, 4) is 16.9 Å². The van der Waals surface area contributed by atoms with Crippen LogP contribution in [0, 0.1) is 5.41 Å². The van der Waals surface area contributed by atoms with E-state index >= 15 is 0 Å². The Hall–Kier alpha value is -3.53. The van der Waals surface area contributed by atoms with Crippen LogP contribution < -0.4 is 16.8 Å². The zero-order valence-electron chi connectivity index (χ0n) is 24.0. The van der Waals surface area contributed by atoms with E-state index in [4.69, 9.17) is 28.2 Å². The summed E-state index contributed by atoms with van der Waals surface area (Å²) in [4.78, 5) is 6.77. The minimum Gasteiger partial charge on any atom is -0.508 e. The van der Waals surface area contributed by atoms with Gasteiger partial charge >= 0.3 is 0 Å². The molecule has 6 N–H and O–H groups in total. The van der Waals surface area contributed by atoms with E-state index in [0.29, 0.717) is 16.3 Å². The van der Waals surface area contributed by atoms with E-state index in [-0.39, 0.29) is 28.6 Å². The lowest BCUT2D eigenvalue weighted by atomic mass is 9.75. The Morgan fingerprint density at radius 1 is 1.20 bits per heavy atom. The minimum atomic E-state index is -0.312. The van der Waals surface area contributed by atoms with E-state index in [1.165, 1.54) is 17.8 Å². The molecule has 1 aliphatic rings. The third-order valence-electron chi connectivity index (χ3n) is 8.62. The molecule has 0 aliphatic heterocycles. The lowest BCUT2D eigenvalue weighted by Crippen LogP contribution is -2.51. The first kappa shape index (κ1) is 28.0. The molecule has 3 aromatic heterocycles. The van der Waals surface area contributed by atoms with Crippen molar-refractivity contribution in [1.82, 2.24) is 19.1 Å². The molecule has 1 unspecified atom stereocenters. The van der Waals surface area contributed by atoms with Gasteiger partial charge in [0.2, 0.25) is 0 Å². The number of rotatable bonds is 7. The molecule has 1 aliphatic carbocycles. The van der Waals surface area contributed by atoms with Gasteiger partial charge in [-0.3, -0.25) is 0 Å². The third kappa shape index (κ3) is 5.05. The van der Waals surface area contributed by atoms with Gasteiger partial charge in [0.15, 0.2) is 0 Å². The monoisotopic (exact) mass is 562 g/mol. The highest BCUT2D eigenvalue weighted by molar-refractivity contribution is 6.33. The van der Waals surface area contributed by atoms with Gasteiger partial charge in [0, 0.05) is 65.9 Å². The van der Waals surface area contributed by atoms with Crippen LogP contribution in [0.25, 0.3) is 16.6 Å². The summed E-state index contributed by atoms with van der Waals surface area (Å²) in [5.41, 5.74) is 19.1. The van der Waals surface area contributed by atoms with Crippen molar-refractivity contribution in [3.63, 3.8) is 0 Å². The van der Waals surface area contributed by atoms with Crippen LogP contribution in [0.2, 0.25) is 5.02 Å². The van der Waals surface area contributed by atoms with Gasteiger partial charge in [-0.2, -0.15) is 5.10 Å². The van der Waals surface area contributed by atoms with E-state index in [1.807, 2.05) is 10.7 Å². The number of phenols is 1. The number of hydrogen-bond donors (Lipinski definition) is 4. The molecule has 40 heavy (non-hydrogen) atoms. The molecule has 212 valence electrons. The number of phenolic OH excluding ortho intramolecular Hbond substituents is 1. The van der Waals surface area contributed by atoms with Crippen LogP contribution in [-0.4, -0.2) is 55.7 Å². The number of aryl methyl sites for hydroxylation is 1. The first-order valence-corrected chi connectivity index (χ1v) is 13.8. The number of nitrogens with zero attached hydrogens (tertiary/aromatic N) is 5. The van der Waals surface area contributed by atoms with E-state index in [0.717, 1.165) is 41.7 Å². The van der Waals surface area contributed by atoms with Gasteiger partial charge in [-0.1, -0.05) is 25.4 Å². The zero-order valence-corrected chi connectivity index (χ0v) is 24.8. The molecule has 0 saturated heterocycles. The fourth-order valence-electron chi connectivity index (χ4n) is 5.54. The Labute approximate surface area is 240 Å². The molecule has 0 spiro atoms. The number of amidine groups is 1. The first-order valence-electron chi connectivity index (χ1n) is 13.5. The number of aromatic hydroxyl groups is 1. The summed E-state index contributed by atoms with van der Waals surface area (Å²) in [5, 5.41) is 18.6. The van der Waals surface area contributed by atoms with Crippen molar-refractivity contribution in [1.29, 1.82) is 0 Å². The zero-order chi connectivity index (χ0) is 29.0. The minimum absolute atomic E-state index is 0.0663. The maximum Gasteiger partial charge on any atom is 0.135 e. The third-order valence-corrected chi connectivity index (χ3v) is 8.92. The van der Waals surface area contributed by atoms with E-state index in [1.54, 1.807) is 12.3 Å². The highest BCUT2D eigenvalue weighted by Crippen LogP contribution is 2.46. The summed E-state index contributed by atoms with van der Waals surface area (Å²) >= 11 is 6.34. The van der Waals surface area contributed by atoms with Gasteiger partial charge in [-0.25, -0.2) is 9.51 Å². The number of aliphatic imine (C=N–C) groups is 1. The molecule has 9 nitrogen and oxygen atoms in total. The SMILES string of the molecule is CN(C)Cc1cc(-c2cc3c(NC4CC[C@](C)(N)C4(C)C)c(C(N)=Nc4ccc(O)cc4Cl)cnn3c2)cn1C. The molecule has 10 heteroatoms. The van der Waals surface area contributed by atoms with Gasteiger partial charge in [-0.05, 0) is 58.1 Å². The molecule has 5 rings (SSSR count). The molecule has 1 fully saturated rings. The van der Waals surface area contributed by atoms with Crippen LogP contribution in [0.5, 0.6) is 5.75 Å². The van der Waals surface area contributed by atoms with E-state index in [2.05, 4.69) is 80.0 Å². The molecule has 3 heterocycles. The summed E-state index contributed by atoms with van der Waals surface area (Å²) in [6, 6.07) is 9.08. The van der Waals surface area contributed by atoms with Gasteiger partial charge in [-0.15, -0.1) is 0 Å². The number of nitrogens with two attached hydrogens (primary N) is 2. The second-order valence-corrected chi connectivity index (χ2v) is 12.5. The molecular formula is C30H39ClN8O. The van der Waals surface area contributed by atoms with Crippen molar-refractivity contribution >= 4 is 34.3 Å². The number of halogens is 1. The molecule has 0 radical (unpaired) electrons. The molecule has 0 bridgehead atoms. The summed E-state index contributed by atoms with van der Waals surface area (Å²) in [6.45, 7) is 7.39. The molecule has 4 aromatic rings. The highest BCUT2D eigenvalue weighted by Gasteiger charge is 2.49. The number of hydrogen-bond acceptors (Lipinski definition) is 6. The van der Waals surface area contributed by atoms with Crippen LogP contribution in [0.1, 0.15) is 44.9 Å². The summed E-state index contributed by atoms with van der Waals surface area (Å²) in [7, 11) is 6.20. The van der Waals surface area contributed by atoms with E-state index in [9.17, 15) is 5.11 Å². The average Bonchev–Trinajstić information content (AvgIpc) is 3.51. The lowest BCUT2D eigenvalue weighted by Gasteiger charge is -2.39. The predicted octanol–water partition coefficient (Wildman–Crippen LogP) is 5.12. The summed E-state index contributed by atoms with van der Waals surface area (Å²) < 4.78 is 4.04. The van der Waals surface area contributed by atoms with Gasteiger partial charge < -0.3 is 31.4 Å².